The highest BCUT2D eigenvalue weighted by Crippen LogP contribution is 2.43. The lowest BCUT2D eigenvalue weighted by Gasteiger charge is -2.32. The van der Waals surface area contributed by atoms with Crippen LogP contribution in [0.2, 0.25) is 0 Å². The number of ether oxygens (including phenoxy) is 5. The number of aromatic hydroxyl groups is 2. The second-order valence-corrected chi connectivity index (χ2v) is 10.00. The van der Waals surface area contributed by atoms with E-state index in [2.05, 4.69) is 0 Å². The number of hydrogen-bond acceptors (Lipinski definition) is 11. The van der Waals surface area contributed by atoms with Crippen molar-refractivity contribution in [2.45, 2.75) is 44.1 Å². The highest BCUT2D eigenvalue weighted by Gasteiger charge is 2.32. The molecule has 11 nitrogen and oxygen atoms in total. The van der Waals surface area contributed by atoms with E-state index in [9.17, 15) is 25.2 Å². The summed E-state index contributed by atoms with van der Waals surface area (Å²) in [4.78, 5) is 13.3. The van der Waals surface area contributed by atoms with E-state index in [1.165, 1.54) is 31.4 Å². The molecule has 0 aliphatic carbocycles. The fourth-order valence-corrected chi connectivity index (χ4v) is 4.99. The number of aliphatic hydroxyl groups excluding tert-OH is 2. The molecule has 3 heterocycles. The van der Waals surface area contributed by atoms with Crippen LogP contribution in [-0.4, -0.2) is 58.7 Å². The minimum Gasteiger partial charge on any atom is -0.508 e. The summed E-state index contributed by atoms with van der Waals surface area (Å²) >= 11 is 0. The number of phenolic OH excluding ortho intramolecular Hbond substituents is 2. The lowest BCUT2D eigenvalue weighted by atomic mass is 10.0. The van der Waals surface area contributed by atoms with Crippen molar-refractivity contribution in [1.29, 1.82) is 0 Å². The van der Waals surface area contributed by atoms with Crippen molar-refractivity contribution < 1.29 is 48.5 Å². The van der Waals surface area contributed by atoms with E-state index in [0.717, 1.165) is 5.56 Å². The van der Waals surface area contributed by atoms with Gasteiger partial charge in [0.2, 0.25) is 6.29 Å². The molecule has 3 aromatic carbocycles. The minimum atomic E-state index is -1.05. The van der Waals surface area contributed by atoms with Gasteiger partial charge in [-0.2, -0.15) is 0 Å². The van der Waals surface area contributed by atoms with Crippen LogP contribution >= 0.6 is 0 Å². The van der Waals surface area contributed by atoms with Gasteiger partial charge >= 0.3 is 0 Å². The topological polar surface area (TPSA) is 157 Å². The molecule has 2 aliphatic heterocycles. The minimum absolute atomic E-state index is 0.0110. The summed E-state index contributed by atoms with van der Waals surface area (Å²) in [6.07, 6.45) is -3.88. The van der Waals surface area contributed by atoms with Crippen molar-refractivity contribution in [3.8, 4) is 45.8 Å². The molecule has 2 aliphatic rings. The Morgan fingerprint density at radius 1 is 0.902 bits per heavy atom. The Morgan fingerprint density at radius 2 is 1.73 bits per heavy atom. The first-order valence-corrected chi connectivity index (χ1v) is 13.0. The number of hydrogen-bond donors (Lipinski definition) is 4. The maximum Gasteiger partial charge on any atom is 0.202 e. The lowest BCUT2D eigenvalue weighted by Crippen LogP contribution is -2.43. The fourth-order valence-electron chi connectivity index (χ4n) is 4.99. The third-order valence-corrected chi connectivity index (χ3v) is 7.12. The Hall–Kier alpha value is -4.45. The van der Waals surface area contributed by atoms with Crippen molar-refractivity contribution in [1.82, 2.24) is 0 Å². The van der Waals surface area contributed by atoms with Gasteiger partial charge in [0.15, 0.2) is 34.5 Å². The first-order valence-electron chi connectivity index (χ1n) is 13.0. The van der Waals surface area contributed by atoms with Crippen molar-refractivity contribution in [2.24, 2.45) is 0 Å². The van der Waals surface area contributed by atoms with Crippen LogP contribution in [0.4, 0.5) is 0 Å². The largest absolute Gasteiger partial charge is 0.508 e. The molecule has 4 aromatic rings. The van der Waals surface area contributed by atoms with Gasteiger partial charge in [0.1, 0.15) is 40.4 Å². The molecular formula is C30H28O11. The van der Waals surface area contributed by atoms with Gasteiger partial charge in [-0.05, 0) is 37.3 Å². The number of rotatable bonds is 5. The smallest absolute Gasteiger partial charge is 0.202 e. The lowest BCUT2D eigenvalue weighted by molar-refractivity contribution is -0.182. The summed E-state index contributed by atoms with van der Waals surface area (Å²) in [6, 6.07) is 14.0. The molecule has 1 unspecified atom stereocenters. The molecule has 1 fully saturated rings. The number of benzene rings is 3. The second kappa shape index (κ2) is 10.5. The Labute approximate surface area is 233 Å². The standard InChI is InChI=1S/C30H28O11/c1-14-30(16-3-5-18(32)24(8-16)36-2)41-25-7-15(4-6-22(25)38-14)23-11-20(34)29-26(39-23)9-17(31)10-27(29)40-28-12-19(33)21(35)13-37-28/h3-11,14,19,21,28,30-33,35H,12-13H2,1-2H3/t14-,19-,21?,28+,30+/m1/s1. The van der Waals surface area contributed by atoms with Crippen LogP contribution in [-0.2, 0) is 4.74 Å². The van der Waals surface area contributed by atoms with Crippen LogP contribution in [0, 0.1) is 0 Å². The van der Waals surface area contributed by atoms with E-state index in [1.807, 2.05) is 6.92 Å². The zero-order chi connectivity index (χ0) is 28.8. The highest BCUT2D eigenvalue weighted by molar-refractivity contribution is 5.86. The molecule has 0 bridgehead atoms. The molecule has 0 saturated carbocycles. The van der Waals surface area contributed by atoms with Gasteiger partial charge in [-0.1, -0.05) is 6.07 Å². The number of aliphatic hydroxyl groups is 2. The van der Waals surface area contributed by atoms with Gasteiger partial charge in [-0.15, -0.1) is 0 Å². The maximum atomic E-state index is 13.3. The summed E-state index contributed by atoms with van der Waals surface area (Å²) in [7, 11) is 1.47. The van der Waals surface area contributed by atoms with Crippen LogP contribution in [0.3, 0.4) is 0 Å². The molecule has 6 rings (SSSR count). The summed E-state index contributed by atoms with van der Waals surface area (Å²) in [5, 5.41) is 40.0. The molecule has 0 radical (unpaired) electrons. The zero-order valence-corrected chi connectivity index (χ0v) is 22.1. The van der Waals surface area contributed by atoms with Gasteiger partial charge in [-0.3, -0.25) is 4.79 Å². The van der Waals surface area contributed by atoms with Crippen LogP contribution in [0.25, 0.3) is 22.3 Å². The van der Waals surface area contributed by atoms with Crippen LogP contribution in [0.5, 0.6) is 34.5 Å². The summed E-state index contributed by atoms with van der Waals surface area (Å²) in [5.41, 5.74) is 0.926. The number of methoxy groups -OCH3 is 1. The third kappa shape index (κ3) is 5.10. The second-order valence-electron chi connectivity index (χ2n) is 10.00. The molecule has 41 heavy (non-hydrogen) atoms. The van der Waals surface area contributed by atoms with Crippen molar-refractivity contribution in [3.63, 3.8) is 0 Å². The summed E-state index contributed by atoms with van der Waals surface area (Å²) in [5.74, 6) is 1.31. The molecular weight excluding hydrogens is 536 g/mol. The molecule has 1 saturated heterocycles. The fraction of sp³-hybridized carbons (Fsp3) is 0.300. The van der Waals surface area contributed by atoms with Crippen LogP contribution in [0.1, 0.15) is 25.0 Å². The van der Waals surface area contributed by atoms with Crippen molar-refractivity contribution in [3.05, 3.63) is 70.4 Å². The number of phenols is 2. The molecule has 4 N–H and O–H groups in total. The first kappa shape index (κ1) is 26.8. The Kier molecular flexibility index (Phi) is 6.86. The predicted molar refractivity (Wildman–Crippen MR) is 145 cm³/mol. The summed E-state index contributed by atoms with van der Waals surface area (Å²) in [6.45, 7) is 1.74. The summed E-state index contributed by atoms with van der Waals surface area (Å²) < 4.78 is 34.8. The van der Waals surface area contributed by atoms with Crippen LogP contribution < -0.4 is 24.4 Å². The van der Waals surface area contributed by atoms with Gasteiger partial charge < -0.3 is 48.5 Å². The Bertz CT molecular complexity index is 1660. The van der Waals surface area contributed by atoms with Gasteiger partial charge in [0, 0.05) is 35.7 Å². The highest BCUT2D eigenvalue weighted by atomic mass is 16.7. The molecule has 0 spiro atoms. The predicted octanol–water partition coefficient (Wildman–Crippen LogP) is 3.63. The zero-order valence-electron chi connectivity index (χ0n) is 22.1. The monoisotopic (exact) mass is 564 g/mol. The number of fused-ring (bicyclic) bond motifs is 2. The average molecular weight is 565 g/mol. The van der Waals surface area contributed by atoms with E-state index in [-0.39, 0.29) is 53.1 Å². The van der Waals surface area contributed by atoms with Crippen molar-refractivity contribution in [2.75, 3.05) is 13.7 Å². The quantitative estimate of drug-likeness (QED) is 0.281. The first-order chi connectivity index (χ1) is 19.7. The SMILES string of the molecule is COc1cc([C@H]2Oc3cc(-c4cc(=O)c5c(O[C@H]6C[C@@H](O)C(O)CO6)cc(O)cc5o4)ccc3O[C@@H]2C)ccc1O. The Balaban J connectivity index is 1.32. The molecule has 5 atom stereocenters. The van der Waals surface area contributed by atoms with E-state index in [1.54, 1.807) is 30.3 Å². The molecule has 214 valence electrons. The maximum absolute atomic E-state index is 13.3. The van der Waals surface area contributed by atoms with Gasteiger partial charge in [-0.25, -0.2) is 0 Å². The van der Waals surface area contributed by atoms with E-state index in [4.69, 9.17) is 28.1 Å². The molecule has 0 amide bonds. The van der Waals surface area contributed by atoms with E-state index < -0.39 is 30.0 Å². The Morgan fingerprint density at radius 3 is 2.51 bits per heavy atom. The normalized spacial score (nSPS) is 23.8. The molecule has 11 heteroatoms. The van der Waals surface area contributed by atoms with Gasteiger partial charge in [0.05, 0.1) is 19.8 Å². The van der Waals surface area contributed by atoms with Crippen LogP contribution in [0.15, 0.2) is 63.8 Å². The third-order valence-electron chi connectivity index (χ3n) is 7.12. The molecule has 1 aromatic heterocycles. The van der Waals surface area contributed by atoms with Gasteiger partial charge in [0.25, 0.3) is 0 Å². The average Bonchev–Trinajstić information content (AvgIpc) is 2.94. The van der Waals surface area contributed by atoms with E-state index in [0.29, 0.717) is 22.8 Å². The van der Waals surface area contributed by atoms with E-state index >= 15 is 0 Å². The van der Waals surface area contributed by atoms with Crippen molar-refractivity contribution >= 4 is 11.0 Å².